The third-order valence-corrected chi connectivity index (χ3v) is 2.08. The van der Waals surface area contributed by atoms with Gasteiger partial charge in [0.1, 0.15) is 11.5 Å². The Labute approximate surface area is 88.4 Å². The molecule has 0 fully saturated rings. The summed E-state index contributed by atoms with van der Waals surface area (Å²) in [4.78, 5) is 11.2. The summed E-state index contributed by atoms with van der Waals surface area (Å²) in [5.41, 5.74) is 1.02. The Bertz CT molecular complexity index is 371. The summed E-state index contributed by atoms with van der Waals surface area (Å²) in [7, 11) is 3.06. The highest BCUT2D eigenvalue weighted by atomic mass is 16.5. The molecule has 0 unspecified atom stereocenters. The number of aromatic hydroxyl groups is 1. The molecule has 4 nitrogen and oxygen atoms in total. The second-order valence-corrected chi connectivity index (χ2v) is 3.17. The van der Waals surface area contributed by atoms with Gasteiger partial charge in [0, 0.05) is 18.7 Å². The van der Waals surface area contributed by atoms with Crippen LogP contribution in [0.5, 0.6) is 11.5 Å². The molecule has 1 aromatic carbocycles. The van der Waals surface area contributed by atoms with E-state index in [2.05, 4.69) is 0 Å². The van der Waals surface area contributed by atoms with Gasteiger partial charge in [-0.15, -0.1) is 0 Å². The van der Waals surface area contributed by atoms with Gasteiger partial charge in [0.15, 0.2) is 5.78 Å². The average Bonchev–Trinajstić information content (AvgIpc) is 2.20. The van der Waals surface area contributed by atoms with E-state index in [0.717, 1.165) is 5.56 Å². The summed E-state index contributed by atoms with van der Waals surface area (Å²) in [6.07, 6.45) is 0. The number of phenolic OH excluding ortho intramolecular Hbond substituents is 1. The minimum atomic E-state index is -0.187. The SMILES string of the molecule is COCc1cc(C(C)=O)c(O)cc1OC. The van der Waals surface area contributed by atoms with Crippen molar-refractivity contribution in [2.24, 2.45) is 0 Å². The Morgan fingerprint density at radius 2 is 2.07 bits per heavy atom. The second kappa shape index (κ2) is 4.79. The molecule has 0 aromatic heterocycles. The molecule has 15 heavy (non-hydrogen) atoms. The van der Waals surface area contributed by atoms with Crippen LogP contribution in [0.4, 0.5) is 0 Å². The Balaban J connectivity index is 3.23. The summed E-state index contributed by atoms with van der Waals surface area (Å²) in [6.45, 7) is 1.74. The molecule has 0 atom stereocenters. The lowest BCUT2D eigenvalue weighted by Gasteiger charge is -2.10. The zero-order valence-electron chi connectivity index (χ0n) is 9.03. The first kappa shape index (κ1) is 11.5. The molecule has 0 aliphatic heterocycles. The second-order valence-electron chi connectivity index (χ2n) is 3.17. The number of rotatable bonds is 4. The summed E-state index contributed by atoms with van der Waals surface area (Å²) in [5.74, 6) is 0.256. The highest BCUT2D eigenvalue weighted by Crippen LogP contribution is 2.28. The predicted octanol–water partition coefficient (Wildman–Crippen LogP) is 1.75. The first-order valence-corrected chi connectivity index (χ1v) is 4.50. The topological polar surface area (TPSA) is 55.8 Å². The molecule has 0 amide bonds. The fourth-order valence-electron chi connectivity index (χ4n) is 1.35. The van der Waals surface area contributed by atoms with Gasteiger partial charge in [-0.2, -0.15) is 0 Å². The van der Waals surface area contributed by atoms with Crippen LogP contribution in [0, 0.1) is 0 Å². The fraction of sp³-hybridized carbons (Fsp3) is 0.364. The number of ketones is 1. The number of ether oxygens (including phenoxy) is 2. The van der Waals surface area contributed by atoms with Crippen molar-refractivity contribution in [1.29, 1.82) is 0 Å². The van der Waals surface area contributed by atoms with Crippen LogP contribution in [0.15, 0.2) is 12.1 Å². The molecule has 0 radical (unpaired) electrons. The molecule has 0 heterocycles. The summed E-state index contributed by atoms with van der Waals surface area (Å²) in [6, 6.07) is 3.01. The van der Waals surface area contributed by atoms with E-state index < -0.39 is 0 Å². The van der Waals surface area contributed by atoms with Crippen molar-refractivity contribution < 1.29 is 19.4 Å². The van der Waals surface area contributed by atoms with Crippen LogP contribution in [-0.2, 0) is 11.3 Å². The highest BCUT2D eigenvalue weighted by Gasteiger charge is 2.12. The summed E-state index contributed by atoms with van der Waals surface area (Å²) in [5, 5.41) is 9.54. The molecule has 0 saturated carbocycles. The van der Waals surface area contributed by atoms with E-state index in [0.29, 0.717) is 12.4 Å². The molecule has 0 spiro atoms. The number of carbonyl (C=O) groups is 1. The van der Waals surface area contributed by atoms with Crippen molar-refractivity contribution in [2.75, 3.05) is 14.2 Å². The molecule has 0 aliphatic carbocycles. The van der Waals surface area contributed by atoms with Crippen LogP contribution in [0.25, 0.3) is 0 Å². The number of hydrogen-bond acceptors (Lipinski definition) is 4. The number of benzene rings is 1. The summed E-state index contributed by atoms with van der Waals surface area (Å²) >= 11 is 0. The Kier molecular flexibility index (Phi) is 3.68. The highest BCUT2D eigenvalue weighted by molar-refractivity contribution is 5.97. The van der Waals surface area contributed by atoms with Gasteiger partial charge in [-0.1, -0.05) is 0 Å². The molecule has 4 heteroatoms. The van der Waals surface area contributed by atoms with Crippen LogP contribution >= 0.6 is 0 Å². The largest absolute Gasteiger partial charge is 0.507 e. The Morgan fingerprint density at radius 3 is 2.53 bits per heavy atom. The third-order valence-electron chi connectivity index (χ3n) is 2.08. The molecule has 0 aliphatic rings. The van der Waals surface area contributed by atoms with Gasteiger partial charge in [0.05, 0.1) is 19.3 Å². The van der Waals surface area contributed by atoms with Crippen molar-refractivity contribution in [1.82, 2.24) is 0 Å². The van der Waals surface area contributed by atoms with Crippen LogP contribution in [0.3, 0.4) is 0 Å². The van der Waals surface area contributed by atoms with Gasteiger partial charge >= 0.3 is 0 Å². The number of carbonyl (C=O) groups excluding carboxylic acids is 1. The average molecular weight is 210 g/mol. The molecule has 0 bridgehead atoms. The molecular weight excluding hydrogens is 196 g/mol. The normalized spacial score (nSPS) is 10.1. The maximum Gasteiger partial charge on any atom is 0.163 e. The monoisotopic (exact) mass is 210 g/mol. The van der Waals surface area contributed by atoms with Crippen LogP contribution in [-0.4, -0.2) is 25.1 Å². The van der Waals surface area contributed by atoms with E-state index in [-0.39, 0.29) is 17.1 Å². The number of hydrogen-bond donors (Lipinski definition) is 1. The third kappa shape index (κ3) is 2.47. The van der Waals surface area contributed by atoms with E-state index in [1.807, 2.05) is 0 Å². The van der Waals surface area contributed by atoms with Crippen molar-refractivity contribution in [3.63, 3.8) is 0 Å². The van der Waals surface area contributed by atoms with Gasteiger partial charge in [-0.3, -0.25) is 4.79 Å². The number of Topliss-reactive ketones (excluding diaryl/α,β-unsaturated/α-hetero) is 1. The van der Waals surface area contributed by atoms with Crippen molar-refractivity contribution in [3.05, 3.63) is 23.3 Å². The van der Waals surface area contributed by atoms with Crippen LogP contribution < -0.4 is 4.74 Å². The van der Waals surface area contributed by atoms with E-state index in [4.69, 9.17) is 9.47 Å². The molecular formula is C11H14O4. The van der Waals surface area contributed by atoms with Gasteiger partial charge in [0.25, 0.3) is 0 Å². The standard InChI is InChI=1S/C11H14O4/c1-7(12)9-4-8(6-14-2)11(15-3)5-10(9)13/h4-5,13H,6H2,1-3H3. The fourth-order valence-corrected chi connectivity index (χ4v) is 1.35. The van der Waals surface area contributed by atoms with Crippen LogP contribution in [0.1, 0.15) is 22.8 Å². The van der Waals surface area contributed by atoms with Crippen LogP contribution in [0.2, 0.25) is 0 Å². The van der Waals surface area contributed by atoms with E-state index in [9.17, 15) is 9.90 Å². The maximum atomic E-state index is 11.2. The lowest BCUT2D eigenvalue weighted by atomic mass is 10.1. The van der Waals surface area contributed by atoms with Crippen molar-refractivity contribution in [3.8, 4) is 11.5 Å². The first-order valence-electron chi connectivity index (χ1n) is 4.50. The number of methoxy groups -OCH3 is 2. The van der Waals surface area contributed by atoms with Gasteiger partial charge in [-0.05, 0) is 13.0 Å². The smallest absolute Gasteiger partial charge is 0.163 e. The number of phenols is 1. The summed E-state index contributed by atoms with van der Waals surface area (Å²) < 4.78 is 10.0. The van der Waals surface area contributed by atoms with E-state index in [1.54, 1.807) is 13.2 Å². The Hall–Kier alpha value is -1.55. The minimum absolute atomic E-state index is 0.0702. The van der Waals surface area contributed by atoms with E-state index >= 15 is 0 Å². The van der Waals surface area contributed by atoms with Gasteiger partial charge in [0.2, 0.25) is 0 Å². The molecule has 1 N–H and O–H groups in total. The molecule has 1 aromatic rings. The zero-order valence-corrected chi connectivity index (χ0v) is 9.03. The molecule has 1 rings (SSSR count). The quantitative estimate of drug-likeness (QED) is 0.769. The Morgan fingerprint density at radius 1 is 1.40 bits per heavy atom. The van der Waals surface area contributed by atoms with E-state index in [1.165, 1.54) is 20.1 Å². The maximum absolute atomic E-state index is 11.2. The molecule has 82 valence electrons. The lowest BCUT2D eigenvalue weighted by molar-refractivity contribution is 0.101. The lowest BCUT2D eigenvalue weighted by Crippen LogP contribution is -1.99. The van der Waals surface area contributed by atoms with Gasteiger partial charge < -0.3 is 14.6 Å². The van der Waals surface area contributed by atoms with Crippen molar-refractivity contribution >= 4 is 5.78 Å². The predicted molar refractivity (Wildman–Crippen MR) is 55.4 cm³/mol. The minimum Gasteiger partial charge on any atom is -0.507 e. The zero-order chi connectivity index (χ0) is 11.4. The molecule has 0 saturated heterocycles. The van der Waals surface area contributed by atoms with Gasteiger partial charge in [-0.25, -0.2) is 0 Å². The first-order chi connectivity index (χ1) is 7.10. The van der Waals surface area contributed by atoms with Crippen molar-refractivity contribution in [2.45, 2.75) is 13.5 Å².